The number of hydrogen-bond donors (Lipinski definition) is 2. The lowest BCUT2D eigenvalue weighted by atomic mass is 10.1. The molecule has 0 bridgehead atoms. The Morgan fingerprint density at radius 3 is 2.57 bits per heavy atom. The highest BCUT2D eigenvalue weighted by molar-refractivity contribution is 6.11. The molecule has 0 unspecified atom stereocenters. The van der Waals surface area contributed by atoms with Gasteiger partial charge in [-0.1, -0.05) is 18.2 Å². The molecule has 0 radical (unpaired) electrons. The molecule has 28 heavy (non-hydrogen) atoms. The maximum absolute atomic E-state index is 13.3. The molecule has 0 saturated heterocycles. The zero-order valence-corrected chi connectivity index (χ0v) is 14.2. The summed E-state index contributed by atoms with van der Waals surface area (Å²) in [6.45, 7) is 0. The molecule has 0 spiro atoms. The van der Waals surface area contributed by atoms with Crippen LogP contribution in [0.1, 0.15) is 15.9 Å². The van der Waals surface area contributed by atoms with Gasteiger partial charge in [0.2, 0.25) is 0 Å². The van der Waals surface area contributed by atoms with Crippen LogP contribution in [0, 0.1) is 0 Å². The SMILES string of the molecule is O=C(Nc1cccnc1)c1cncc2[nH]c(-c3ccccc3C(F)(F)F)nc12. The molecule has 0 fully saturated rings. The summed E-state index contributed by atoms with van der Waals surface area (Å²) in [5, 5.41) is 2.66. The second kappa shape index (κ2) is 6.76. The first kappa shape index (κ1) is 17.7. The zero-order valence-electron chi connectivity index (χ0n) is 14.2. The molecular formula is C19H12F3N5O. The normalized spacial score (nSPS) is 11.5. The summed E-state index contributed by atoms with van der Waals surface area (Å²) in [6, 6.07) is 8.43. The lowest BCUT2D eigenvalue weighted by Gasteiger charge is -2.10. The molecule has 4 rings (SSSR count). The van der Waals surface area contributed by atoms with E-state index in [-0.39, 0.29) is 22.5 Å². The van der Waals surface area contributed by atoms with E-state index in [4.69, 9.17) is 0 Å². The molecule has 0 aliphatic heterocycles. The highest BCUT2D eigenvalue weighted by atomic mass is 19.4. The summed E-state index contributed by atoms with van der Waals surface area (Å²) >= 11 is 0. The van der Waals surface area contributed by atoms with E-state index in [1.165, 1.54) is 36.8 Å². The number of nitrogens with one attached hydrogen (secondary N) is 2. The van der Waals surface area contributed by atoms with Crippen molar-refractivity contribution in [2.75, 3.05) is 5.32 Å². The standard InChI is InChI=1S/C19H12F3N5O/c20-19(21,22)14-6-2-1-5-12(14)17-26-15-10-24-9-13(16(15)27-17)18(28)25-11-4-3-7-23-8-11/h1-10H,(H,25,28)(H,26,27). The van der Waals surface area contributed by atoms with Crippen LogP contribution < -0.4 is 5.32 Å². The Balaban J connectivity index is 1.78. The van der Waals surface area contributed by atoms with Crippen LogP contribution in [-0.2, 0) is 6.18 Å². The minimum absolute atomic E-state index is 0.00588. The number of carbonyl (C=O) groups is 1. The number of H-pyrrole nitrogens is 1. The van der Waals surface area contributed by atoms with Crippen LogP contribution in [0.5, 0.6) is 0 Å². The smallest absolute Gasteiger partial charge is 0.337 e. The number of benzene rings is 1. The predicted octanol–water partition coefficient (Wildman–Crippen LogP) is 4.29. The first-order valence-electron chi connectivity index (χ1n) is 8.15. The Labute approximate surface area is 156 Å². The third-order valence-electron chi connectivity index (χ3n) is 4.05. The molecule has 6 nitrogen and oxygen atoms in total. The molecule has 140 valence electrons. The fourth-order valence-electron chi connectivity index (χ4n) is 2.80. The van der Waals surface area contributed by atoms with Gasteiger partial charge in [0.25, 0.3) is 5.91 Å². The first-order chi connectivity index (χ1) is 13.4. The summed E-state index contributed by atoms with van der Waals surface area (Å²) in [7, 11) is 0. The van der Waals surface area contributed by atoms with E-state index in [0.29, 0.717) is 11.2 Å². The Hall–Kier alpha value is -3.75. The minimum atomic E-state index is -4.53. The number of amides is 1. The number of halogens is 3. The van der Waals surface area contributed by atoms with Gasteiger partial charge in [-0.05, 0) is 18.2 Å². The number of hydrogen-bond acceptors (Lipinski definition) is 4. The van der Waals surface area contributed by atoms with Crippen molar-refractivity contribution in [1.82, 2.24) is 19.9 Å². The van der Waals surface area contributed by atoms with Crippen LogP contribution >= 0.6 is 0 Å². The van der Waals surface area contributed by atoms with Crippen LogP contribution in [0.4, 0.5) is 18.9 Å². The number of carbonyl (C=O) groups excluding carboxylic acids is 1. The number of fused-ring (bicyclic) bond motifs is 1. The van der Waals surface area contributed by atoms with Gasteiger partial charge in [0.05, 0.1) is 34.7 Å². The van der Waals surface area contributed by atoms with Crippen LogP contribution in [0.2, 0.25) is 0 Å². The van der Waals surface area contributed by atoms with E-state index in [2.05, 4.69) is 25.3 Å². The van der Waals surface area contributed by atoms with Crippen LogP contribution in [0.3, 0.4) is 0 Å². The van der Waals surface area contributed by atoms with E-state index < -0.39 is 17.6 Å². The van der Waals surface area contributed by atoms with Gasteiger partial charge in [0, 0.05) is 18.0 Å². The molecule has 0 saturated carbocycles. The topological polar surface area (TPSA) is 83.6 Å². The summed E-state index contributed by atoms with van der Waals surface area (Å²) < 4.78 is 39.9. The lowest BCUT2D eigenvalue weighted by Crippen LogP contribution is -2.13. The summed E-state index contributed by atoms with van der Waals surface area (Å²) in [5.41, 5.74) is 0.262. The van der Waals surface area contributed by atoms with E-state index in [1.54, 1.807) is 18.3 Å². The van der Waals surface area contributed by atoms with Crippen LogP contribution in [0.15, 0.2) is 61.2 Å². The maximum atomic E-state index is 13.3. The third kappa shape index (κ3) is 3.29. The highest BCUT2D eigenvalue weighted by Gasteiger charge is 2.34. The highest BCUT2D eigenvalue weighted by Crippen LogP contribution is 2.36. The monoisotopic (exact) mass is 383 g/mol. The third-order valence-corrected chi connectivity index (χ3v) is 4.05. The van der Waals surface area contributed by atoms with Crippen LogP contribution in [0.25, 0.3) is 22.4 Å². The number of aromatic amines is 1. The summed E-state index contributed by atoms with van der Waals surface area (Å²) in [5.74, 6) is -0.486. The van der Waals surface area contributed by atoms with Crippen LogP contribution in [-0.4, -0.2) is 25.8 Å². The number of pyridine rings is 2. The van der Waals surface area contributed by atoms with Crippen molar-refractivity contribution in [3.05, 3.63) is 72.3 Å². The Kier molecular flexibility index (Phi) is 4.26. The van der Waals surface area contributed by atoms with E-state index in [9.17, 15) is 18.0 Å². The molecule has 0 aliphatic carbocycles. The number of nitrogens with zero attached hydrogens (tertiary/aromatic N) is 3. The van der Waals surface area contributed by atoms with E-state index in [0.717, 1.165) is 6.07 Å². The van der Waals surface area contributed by atoms with Gasteiger partial charge in [-0.15, -0.1) is 0 Å². The zero-order chi connectivity index (χ0) is 19.7. The molecule has 0 aliphatic rings. The molecular weight excluding hydrogens is 371 g/mol. The van der Waals surface area contributed by atoms with Crippen molar-refractivity contribution >= 4 is 22.6 Å². The number of rotatable bonds is 3. The summed E-state index contributed by atoms with van der Waals surface area (Å²) in [4.78, 5) is 27.5. The summed E-state index contributed by atoms with van der Waals surface area (Å²) in [6.07, 6.45) is 1.22. The average Bonchev–Trinajstić information content (AvgIpc) is 3.12. The molecule has 2 N–H and O–H groups in total. The molecule has 4 aromatic rings. The van der Waals surface area contributed by atoms with Gasteiger partial charge in [-0.3, -0.25) is 14.8 Å². The van der Waals surface area contributed by atoms with Gasteiger partial charge in [0.1, 0.15) is 11.3 Å². The Morgan fingerprint density at radius 2 is 1.82 bits per heavy atom. The second-order valence-electron chi connectivity index (χ2n) is 5.91. The van der Waals surface area contributed by atoms with Crippen molar-refractivity contribution in [1.29, 1.82) is 0 Å². The van der Waals surface area contributed by atoms with Gasteiger partial charge in [0.15, 0.2) is 0 Å². The fourth-order valence-corrected chi connectivity index (χ4v) is 2.80. The maximum Gasteiger partial charge on any atom is 0.417 e. The first-order valence-corrected chi connectivity index (χ1v) is 8.15. The molecule has 0 atom stereocenters. The molecule has 9 heteroatoms. The van der Waals surface area contributed by atoms with Crippen molar-refractivity contribution in [2.45, 2.75) is 6.18 Å². The van der Waals surface area contributed by atoms with Gasteiger partial charge in [-0.2, -0.15) is 13.2 Å². The Morgan fingerprint density at radius 1 is 1.00 bits per heavy atom. The van der Waals surface area contributed by atoms with Crippen molar-refractivity contribution in [2.24, 2.45) is 0 Å². The number of anilines is 1. The molecule has 3 aromatic heterocycles. The number of imidazole rings is 1. The van der Waals surface area contributed by atoms with Crippen molar-refractivity contribution < 1.29 is 18.0 Å². The van der Waals surface area contributed by atoms with E-state index in [1.807, 2.05) is 0 Å². The van der Waals surface area contributed by atoms with Gasteiger partial charge in [-0.25, -0.2) is 4.98 Å². The molecule has 1 aromatic carbocycles. The predicted molar refractivity (Wildman–Crippen MR) is 96.5 cm³/mol. The van der Waals surface area contributed by atoms with Gasteiger partial charge < -0.3 is 10.3 Å². The minimum Gasteiger partial charge on any atom is -0.337 e. The second-order valence-corrected chi connectivity index (χ2v) is 5.91. The number of alkyl halides is 3. The molecule has 1 amide bonds. The van der Waals surface area contributed by atoms with E-state index >= 15 is 0 Å². The quantitative estimate of drug-likeness (QED) is 0.553. The largest absolute Gasteiger partial charge is 0.417 e. The fraction of sp³-hybridized carbons (Fsp3) is 0.0526. The van der Waals surface area contributed by atoms with Gasteiger partial charge >= 0.3 is 6.18 Å². The number of aromatic nitrogens is 4. The van der Waals surface area contributed by atoms with Crippen molar-refractivity contribution in [3.63, 3.8) is 0 Å². The molecule has 3 heterocycles. The Bertz CT molecular complexity index is 1160. The average molecular weight is 383 g/mol. The lowest BCUT2D eigenvalue weighted by molar-refractivity contribution is -0.137. The van der Waals surface area contributed by atoms with Crippen molar-refractivity contribution in [3.8, 4) is 11.4 Å².